The van der Waals surface area contributed by atoms with Crippen LogP contribution >= 0.6 is 45.2 Å². The van der Waals surface area contributed by atoms with Crippen molar-refractivity contribution >= 4 is 71.6 Å². The Labute approximate surface area is 174 Å². The van der Waals surface area contributed by atoms with Gasteiger partial charge >= 0.3 is 13.9 Å². The van der Waals surface area contributed by atoms with E-state index < -0.39 is 13.9 Å². The predicted octanol–water partition coefficient (Wildman–Crippen LogP) is 3.68. The molecule has 2 aromatic heterocycles. The molecule has 0 bridgehead atoms. The summed E-state index contributed by atoms with van der Waals surface area (Å²) >= 11 is 3.97. The van der Waals surface area contributed by atoms with Crippen LogP contribution in [0, 0.1) is 34.8 Å². The van der Waals surface area contributed by atoms with Gasteiger partial charge in [0.15, 0.2) is 12.4 Å². The number of hydrogen-bond donors (Lipinski definition) is 0. The molecule has 0 spiro atoms. The molecule has 2 aliphatic heterocycles. The van der Waals surface area contributed by atoms with Crippen LogP contribution in [0.15, 0.2) is 0 Å². The smallest absolute Gasteiger partial charge is 0.386 e. The lowest BCUT2D eigenvalue weighted by molar-refractivity contribution is -1.01. The SMILES string of the molecule is Cc1c(I)c(C)n2c1C=[N+]1[N+](=Cc3c(C)c(I)c(C)n3[B-]1(F)F)[B-]2(F)F. The average molecular weight is 590 g/mol. The van der Waals surface area contributed by atoms with Crippen molar-refractivity contribution in [2.24, 2.45) is 0 Å². The van der Waals surface area contributed by atoms with Gasteiger partial charge in [-0.2, -0.15) is 0 Å². The van der Waals surface area contributed by atoms with E-state index in [1.54, 1.807) is 27.7 Å². The molecule has 0 unspecified atom stereocenters. The van der Waals surface area contributed by atoms with E-state index in [2.05, 4.69) is 0 Å². The maximum absolute atomic E-state index is 15.4. The van der Waals surface area contributed by atoms with Gasteiger partial charge in [-0.05, 0) is 95.4 Å². The molecule has 2 aliphatic rings. The molecule has 0 aromatic carbocycles. The number of hydrogen-bond acceptors (Lipinski definition) is 0. The summed E-state index contributed by atoms with van der Waals surface area (Å²) in [4.78, 5) is 0. The molecule has 12 heteroatoms. The molecule has 0 saturated heterocycles. The minimum Gasteiger partial charge on any atom is -0.386 e. The van der Waals surface area contributed by atoms with Gasteiger partial charge in [0.05, 0.1) is 11.4 Å². The minimum absolute atomic E-state index is 0.128. The van der Waals surface area contributed by atoms with E-state index in [-0.39, 0.29) is 11.4 Å². The highest BCUT2D eigenvalue weighted by molar-refractivity contribution is 14.1. The first-order chi connectivity index (χ1) is 11.9. The van der Waals surface area contributed by atoms with E-state index in [1.807, 2.05) is 45.2 Å². The Morgan fingerprint density at radius 1 is 0.731 bits per heavy atom. The summed E-state index contributed by atoms with van der Waals surface area (Å²) in [6.07, 6.45) is 2.29. The van der Waals surface area contributed by atoms with Crippen LogP contribution in [0.5, 0.6) is 0 Å². The van der Waals surface area contributed by atoms with Gasteiger partial charge in [0, 0.05) is 7.14 Å². The first-order valence-corrected chi connectivity index (χ1v) is 10.1. The third kappa shape index (κ3) is 2.02. The van der Waals surface area contributed by atoms with Gasteiger partial charge < -0.3 is 26.2 Å². The summed E-state index contributed by atoms with van der Waals surface area (Å²) in [5, 5.41) is 0. The highest BCUT2D eigenvalue weighted by Gasteiger charge is 2.65. The fraction of sp³-hybridized carbons (Fsp3) is 0.286. The summed E-state index contributed by atoms with van der Waals surface area (Å²) in [5.41, 5.74) is 2.18. The second-order valence-electron chi connectivity index (χ2n) is 6.75. The number of hydrazine groups is 1. The second-order valence-corrected chi connectivity index (χ2v) is 8.91. The number of rotatable bonds is 0. The standard InChI is InChI=1S/C14H14B2F4I2N4/c1-7-11-5-23-16(19,20)26-10(4)14(22)8(2)12(26)6-24(23)15(17,18)25(11)9(3)13(7)21/h5-6H,1-4H3. The Hall–Kier alpha value is -0.790. The Bertz CT molecular complexity index is 984. The van der Waals surface area contributed by atoms with E-state index in [0.29, 0.717) is 38.8 Å². The van der Waals surface area contributed by atoms with Crippen molar-refractivity contribution in [2.45, 2.75) is 27.7 Å². The predicted molar refractivity (Wildman–Crippen MR) is 111 cm³/mol. The van der Waals surface area contributed by atoms with Crippen molar-refractivity contribution in [3.8, 4) is 0 Å². The number of hydrazone groups is 2. The molecule has 0 saturated carbocycles. The van der Waals surface area contributed by atoms with Crippen LogP contribution in [0.25, 0.3) is 0 Å². The molecule has 4 heterocycles. The molecule has 0 N–H and O–H groups in total. The zero-order valence-corrected chi connectivity index (χ0v) is 18.7. The lowest BCUT2D eigenvalue weighted by Gasteiger charge is -2.35. The molecule has 4 rings (SSSR count). The van der Waals surface area contributed by atoms with E-state index >= 15 is 17.3 Å². The fourth-order valence-corrected chi connectivity index (χ4v) is 5.01. The van der Waals surface area contributed by atoms with Crippen LogP contribution in [-0.4, -0.2) is 44.5 Å². The van der Waals surface area contributed by atoms with Crippen molar-refractivity contribution in [1.82, 2.24) is 8.96 Å². The van der Waals surface area contributed by atoms with Crippen LogP contribution in [0.1, 0.15) is 33.9 Å². The van der Waals surface area contributed by atoms with Crippen molar-refractivity contribution < 1.29 is 26.5 Å². The van der Waals surface area contributed by atoms with Crippen molar-refractivity contribution in [3.05, 3.63) is 41.0 Å². The van der Waals surface area contributed by atoms with Crippen LogP contribution in [0.2, 0.25) is 0 Å². The molecule has 26 heavy (non-hydrogen) atoms. The molecule has 0 amide bonds. The highest BCUT2D eigenvalue weighted by atomic mass is 127. The summed E-state index contributed by atoms with van der Waals surface area (Å²) < 4.78 is 65.5. The van der Waals surface area contributed by atoms with E-state index in [4.69, 9.17) is 0 Å². The summed E-state index contributed by atoms with van der Waals surface area (Å²) in [6, 6.07) is 0. The number of aromatic nitrogens is 2. The zero-order valence-electron chi connectivity index (χ0n) is 14.4. The quantitative estimate of drug-likeness (QED) is 0.253. The van der Waals surface area contributed by atoms with Crippen molar-refractivity contribution in [2.75, 3.05) is 0 Å². The third-order valence-corrected chi connectivity index (χ3v) is 8.52. The van der Waals surface area contributed by atoms with E-state index in [9.17, 15) is 0 Å². The summed E-state index contributed by atoms with van der Waals surface area (Å²) in [5.74, 6) is 0. The fourth-order valence-electron chi connectivity index (χ4n) is 3.94. The second kappa shape index (κ2) is 5.39. The maximum atomic E-state index is 15.4. The van der Waals surface area contributed by atoms with Crippen LogP contribution in [0.3, 0.4) is 0 Å². The third-order valence-electron chi connectivity index (χ3n) is 5.34. The average Bonchev–Trinajstić information content (AvgIpc) is 2.90. The maximum Gasteiger partial charge on any atom is 0.789 e. The van der Waals surface area contributed by atoms with Gasteiger partial charge in [-0.1, -0.05) is 0 Å². The highest BCUT2D eigenvalue weighted by Crippen LogP contribution is 2.36. The molecule has 0 fully saturated rings. The number of fused-ring (bicyclic) bond motifs is 3. The first kappa shape index (κ1) is 18.6. The van der Waals surface area contributed by atoms with Gasteiger partial charge in [0.1, 0.15) is 0 Å². The lowest BCUT2D eigenvalue weighted by atomic mass is 9.88. The van der Waals surface area contributed by atoms with Gasteiger partial charge in [-0.15, -0.1) is 9.19 Å². The summed E-state index contributed by atoms with van der Waals surface area (Å²) in [6.45, 7) is -2.35. The van der Waals surface area contributed by atoms with E-state index in [0.717, 1.165) is 21.4 Å². The number of nitrogens with zero attached hydrogens (tertiary/aromatic N) is 4. The van der Waals surface area contributed by atoms with Crippen LogP contribution in [-0.2, 0) is 0 Å². The first-order valence-electron chi connectivity index (χ1n) is 7.97. The molecule has 4 nitrogen and oxygen atoms in total. The lowest BCUT2D eigenvalue weighted by Crippen LogP contribution is -2.66. The summed E-state index contributed by atoms with van der Waals surface area (Å²) in [7, 11) is 0. The zero-order chi connectivity index (χ0) is 19.3. The van der Waals surface area contributed by atoms with Gasteiger partial charge in [-0.25, -0.2) is 0 Å². The van der Waals surface area contributed by atoms with Crippen molar-refractivity contribution in [3.63, 3.8) is 0 Å². The Morgan fingerprint density at radius 2 is 1.04 bits per heavy atom. The molecular formula is C14H14B2F4I2N4. The van der Waals surface area contributed by atoms with Gasteiger partial charge in [-0.3, -0.25) is 0 Å². The topological polar surface area (TPSA) is 15.9 Å². The molecule has 0 atom stereocenters. The Morgan fingerprint density at radius 3 is 1.35 bits per heavy atom. The van der Waals surface area contributed by atoms with Crippen LogP contribution < -0.4 is 0 Å². The molecular weight excluding hydrogens is 576 g/mol. The largest absolute Gasteiger partial charge is 0.789 e. The van der Waals surface area contributed by atoms with Crippen LogP contribution in [0.4, 0.5) is 17.3 Å². The number of halogens is 6. The normalized spacial score (nSPS) is 19.5. The Kier molecular flexibility index (Phi) is 3.85. The molecule has 138 valence electrons. The molecule has 0 aliphatic carbocycles. The minimum atomic E-state index is -4.44. The molecule has 2 aromatic rings. The van der Waals surface area contributed by atoms with Crippen molar-refractivity contribution in [1.29, 1.82) is 0 Å². The molecule has 0 radical (unpaired) electrons. The van der Waals surface area contributed by atoms with E-state index in [1.165, 1.54) is 0 Å². The monoisotopic (exact) mass is 590 g/mol. The Balaban J connectivity index is 2.14. The van der Waals surface area contributed by atoms with Gasteiger partial charge in [0.25, 0.3) is 0 Å². The van der Waals surface area contributed by atoms with Gasteiger partial charge in [0.2, 0.25) is 0 Å².